The number of ether oxygens (including phenoxy) is 2. The van der Waals surface area contributed by atoms with Crippen LogP contribution in [0.5, 0.6) is 17.4 Å². The molecule has 0 bridgehead atoms. The maximum atomic E-state index is 12.9. The number of carbonyl (C=O) groups is 1. The van der Waals surface area contributed by atoms with Crippen LogP contribution in [0.1, 0.15) is 6.92 Å². The first kappa shape index (κ1) is 25.0. The van der Waals surface area contributed by atoms with E-state index in [1.807, 2.05) is 18.2 Å². The van der Waals surface area contributed by atoms with E-state index in [0.717, 1.165) is 5.39 Å². The van der Waals surface area contributed by atoms with Crippen LogP contribution < -0.4 is 25.4 Å². The summed E-state index contributed by atoms with van der Waals surface area (Å²) in [5.74, 6) is 1.50. The van der Waals surface area contributed by atoms with Gasteiger partial charge in [-0.25, -0.2) is 9.78 Å². The number of anilines is 3. The monoisotopic (exact) mass is 508 g/mol. The summed E-state index contributed by atoms with van der Waals surface area (Å²) in [5.41, 5.74) is 1.08. The average Bonchev–Trinajstić information content (AvgIpc) is 2.85. The van der Waals surface area contributed by atoms with Crippen molar-refractivity contribution >= 4 is 46.9 Å². The van der Waals surface area contributed by atoms with Crippen LogP contribution in [0.2, 0.25) is 0 Å². The summed E-state index contributed by atoms with van der Waals surface area (Å²) < 4.78 is 29.7. The van der Waals surface area contributed by atoms with Crippen LogP contribution in [0.15, 0.2) is 66.9 Å². The van der Waals surface area contributed by atoms with Crippen molar-refractivity contribution in [3.63, 3.8) is 0 Å². The molecule has 3 N–H and O–H groups in total. The molecule has 0 saturated carbocycles. The van der Waals surface area contributed by atoms with E-state index < -0.39 is 13.5 Å². The van der Waals surface area contributed by atoms with Crippen LogP contribution in [0, 0.1) is 0 Å². The standard InChI is InChI=1S/C25H25N4O6P/c1-4-34-36(3,32)22-12-9-16(15-21(22)33-2)27-24-26-14-13-23(29-24)35-20-11-10-19(28-25(30)31)17-7-5-6-8-18(17)20/h5-15,28H,4H2,1-3H3,(H,30,31)(H,26,27,29). The van der Waals surface area contributed by atoms with Crippen molar-refractivity contribution in [3.8, 4) is 17.4 Å². The van der Waals surface area contributed by atoms with Gasteiger partial charge in [0.05, 0.1) is 24.7 Å². The summed E-state index contributed by atoms with van der Waals surface area (Å²) in [6.45, 7) is 3.67. The number of hydrogen-bond acceptors (Lipinski definition) is 8. The van der Waals surface area contributed by atoms with E-state index in [1.54, 1.807) is 62.2 Å². The average molecular weight is 508 g/mol. The minimum absolute atomic E-state index is 0.278. The Morgan fingerprint density at radius 2 is 1.83 bits per heavy atom. The van der Waals surface area contributed by atoms with E-state index in [2.05, 4.69) is 20.6 Å². The lowest BCUT2D eigenvalue weighted by Gasteiger charge is -2.17. The quantitative estimate of drug-likeness (QED) is 0.239. The number of carboxylic acid groups (broad SMARTS) is 1. The molecule has 0 radical (unpaired) electrons. The highest BCUT2D eigenvalue weighted by atomic mass is 31.2. The molecule has 1 unspecified atom stereocenters. The second-order valence-corrected chi connectivity index (χ2v) is 10.1. The molecule has 0 fully saturated rings. The molecule has 1 aromatic heterocycles. The fourth-order valence-corrected chi connectivity index (χ4v) is 5.23. The summed E-state index contributed by atoms with van der Waals surface area (Å²) >= 11 is 0. The highest BCUT2D eigenvalue weighted by molar-refractivity contribution is 7.66. The molecule has 36 heavy (non-hydrogen) atoms. The normalized spacial score (nSPS) is 12.5. The van der Waals surface area contributed by atoms with Crippen molar-refractivity contribution in [2.24, 2.45) is 0 Å². The van der Waals surface area contributed by atoms with Gasteiger partial charge in [-0.2, -0.15) is 4.98 Å². The van der Waals surface area contributed by atoms with Crippen molar-refractivity contribution in [3.05, 3.63) is 66.9 Å². The largest absolute Gasteiger partial charge is 0.496 e. The Labute approximate surface area is 207 Å². The fourth-order valence-electron chi connectivity index (χ4n) is 3.69. The first-order chi connectivity index (χ1) is 17.3. The van der Waals surface area contributed by atoms with Crippen molar-refractivity contribution in [2.45, 2.75) is 6.92 Å². The summed E-state index contributed by atoms with van der Waals surface area (Å²) in [6.07, 6.45) is 0.401. The maximum Gasteiger partial charge on any atom is 0.409 e. The van der Waals surface area contributed by atoms with Gasteiger partial charge in [0.2, 0.25) is 19.2 Å². The first-order valence-electron chi connectivity index (χ1n) is 11.0. The van der Waals surface area contributed by atoms with Crippen molar-refractivity contribution in [1.82, 2.24) is 9.97 Å². The van der Waals surface area contributed by atoms with E-state index >= 15 is 0 Å². The maximum absolute atomic E-state index is 12.9. The molecule has 1 heterocycles. The Morgan fingerprint density at radius 1 is 1.06 bits per heavy atom. The van der Waals surface area contributed by atoms with E-state index in [-0.39, 0.29) is 11.8 Å². The third-order valence-electron chi connectivity index (χ3n) is 5.22. The number of aromatic nitrogens is 2. The van der Waals surface area contributed by atoms with Gasteiger partial charge in [-0.05, 0) is 31.2 Å². The van der Waals surface area contributed by atoms with Crippen LogP contribution >= 0.6 is 7.37 Å². The number of methoxy groups -OCH3 is 1. The smallest absolute Gasteiger partial charge is 0.409 e. The van der Waals surface area contributed by atoms with E-state index in [9.17, 15) is 9.36 Å². The third kappa shape index (κ3) is 5.56. The summed E-state index contributed by atoms with van der Waals surface area (Å²) in [4.78, 5) is 19.8. The number of rotatable bonds is 9. The Balaban J connectivity index is 1.59. The van der Waals surface area contributed by atoms with Crippen molar-refractivity contribution in [1.29, 1.82) is 0 Å². The highest BCUT2D eigenvalue weighted by Gasteiger charge is 2.23. The molecule has 1 atom stereocenters. The molecule has 4 rings (SSSR count). The topological polar surface area (TPSA) is 132 Å². The van der Waals surface area contributed by atoms with Crippen LogP contribution in [0.3, 0.4) is 0 Å². The second kappa shape index (κ2) is 10.6. The predicted molar refractivity (Wildman–Crippen MR) is 139 cm³/mol. The summed E-state index contributed by atoms with van der Waals surface area (Å²) in [7, 11) is -1.52. The molecule has 186 valence electrons. The van der Waals surface area contributed by atoms with Gasteiger partial charge in [0, 0.05) is 41.5 Å². The van der Waals surface area contributed by atoms with Gasteiger partial charge in [0.1, 0.15) is 11.5 Å². The van der Waals surface area contributed by atoms with Gasteiger partial charge in [-0.1, -0.05) is 24.3 Å². The Morgan fingerprint density at radius 3 is 2.56 bits per heavy atom. The number of nitrogens with one attached hydrogen (secondary N) is 2. The van der Waals surface area contributed by atoms with Gasteiger partial charge < -0.3 is 24.4 Å². The molecule has 3 aromatic carbocycles. The lowest BCUT2D eigenvalue weighted by atomic mass is 10.1. The van der Waals surface area contributed by atoms with E-state index in [0.29, 0.717) is 40.2 Å². The SMILES string of the molecule is CCOP(C)(=O)c1ccc(Nc2nccc(Oc3ccc(NC(=O)O)c4ccccc34)n2)cc1OC. The molecule has 11 heteroatoms. The van der Waals surface area contributed by atoms with Gasteiger partial charge in [-0.15, -0.1) is 0 Å². The number of nitrogens with zero attached hydrogens (tertiary/aromatic N) is 2. The van der Waals surface area contributed by atoms with E-state index in [1.165, 1.54) is 7.11 Å². The third-order valence-corrected chi connectivity index (χ3v) is 7.21. The van der Waals surface area contributed by atoms with E-state index in [4.69, 9.17) is 19.1 Å². The fraction of sp³-hybridized carbons (Fsp3) is 0.160. The van der Waals surface area contributed by atoms with Gasteiger partial charge in [-0.3, -0.25) is 9.88 Å². The zero-order chi connectivity index (χ0) is 25.7. The summed E-state index contributed by atoms with van der Waals surface area (Å²) in [5, 5.41) is 16.5. The Kier molecular flexibility index (Phi) is 7.38. The van der Waals surface area contributed by atoms with Gasteiger partial charge >= 0.3 is 6.09 Å². The molecule has 0 aliphatic heterocycles. The number of fused-ring (bicyclic) bond motifs is 1. The molecule has 0 aliphatic rings. The molecular formula is C25H25N4O6P. The van der Waals surface area contributed by atoms with Crippen LogP contribution in [0.4, 0.5) is 22.1 Å². The van der Waals surface area contributed by atoms with Gasteiger partial charge in [0.15, 0.2) is 0 Å². The zero-order valence-corrected chi connectivity index (χ0v) is 20.8. The minimum atomic E-state index is -3.02. The summed E-state index contributed by atoms with van der Waals surface area (Å²) in [6, 6.07) is 17.3. The molecule has 4 aromatic rings. The zero-order valence-electron chi connectivity index (χ0n) is 19.9. The molecule has 0 aliphatic carbocycles. The van der Waals surface area contributed by atoms with Gasteiger partial charge in [0.25, 0.3) is 0 Å². The molecule has 0 saturated heterocycles. The molecular weight excluding hydrogens is 483 g/mol. The number of benzene rings is 3. The van der Waals surface area contributed by atoms with Crippen molar-refractivity contribution in [2.75, 3.05) is 31.0 Å². The lowest BCUT2D eigenvalue weighted by molar-refractivity contribution is 0.210. The predicted octanol–water partition coefficient (Wildman–Crippen LogP) is 5.83. The molecule has 10 nitrogen and oxygen atoms in total. The van der Waals surface area contributed by atoms with Crippen LogP contribution in [0.25, 0.3) is 10.8 Å². The molecule has 1 amide bonds. The van der Waals surface area contributed by atoms with Crippen LogP contribution in [-0.4, -0.2) is 41.5 Å². The molecule has 0 spiro atoms. The van der Waals surface area contributed by atoms with Crippen molar-refractivity contribution < 1.29 is 28.5 Å². The Bertz CT molecular complexity index is 1460. The first-order valence-corrected chi connectivity index (χ1v) is 13.1. The minimum Gasteiger partial charge on any atom is -0.496 e. The second-order valence-electron chi connectivity index (χ2n) is 7.68. The van der Waals surface area contributed by atoms with Crippen LogP contribution in [-0.2, 0) is 9.09 Å². The Hall–Kier alpha value is -4.14. The number of hydrogen-bond donors (Lipinski definition) is 3. The highest BCUT2D eigenvalue weighted by Crippen LogP contribution is 2.44. The lowest BCUT2D eigenvalue weighted by Crippen LogP contribution is -2.11. The number of amides is 1.